The summed E-state index contributed by atoms with van der Waals surface area (Å²) in [6, 6.07) is 26.2. The lowest BCUT2D eigenvalue weighted by atomic mass is 9.96. The number of fused-ring (bicyclic) bond motifs is 3. The van der Waals surface area contributed by atoms with Gasteiger partial charge in [0, 0.05) is 49.0 Å². The zero-order chi connectivity index (χ0) is 26.8. The fraction of sp³-hybridized carbons (Fsp3) is 0.375. The molecule has 0 saturated carbocycles. The number of carbonyl (C=O) groups excluding carboxylic acids is 1. The van der Waals surface area contributed by atoms with E-state index in [4.69, 9.17) is 4.98 Å². The highest BCUT2D eigenvalue weighted by molar-refractivity contribution is 5.91. The summed E-state index contributed by atoms with van der Waals surface area (Å²) in [4.78, 5) is 22.5. The first-order valence-electron chi connectivity index (χ1n) is 14.1. The molecule has 4 aromatic rings. The molecule has 0 radical (unpaired) electrons. The van der Waals surface area contributed by atoms with E-state index in [9.17, 15) is 9.18 Å². The average Bonchev–Trinajstić information content (AvgIpc) is 3.41. The van der Waals surface area contributed by atoms with Crippen molar-refractivity contribution in [3.8, 4) is 0 Å². The molecule has 2 bridgehead atoms. The van der Waals surface area contributed by atoms with Crippen molar-refractivity contribution in [3.63, 3.8) is 0 Å². The molecule has 2 saturated heterocycles. The number of imidazole rings is 1. The van der Waals surface area contributed by atoms with Crippen LogP contribution in [0.15, 0.2) is 78.9 Å². The van der Waals surface area contributed by atoms with E-state index in [-0.39, 0.29) is 18.4 Å². The molecule has 6 rings (SSSR count). The van der Waals surface area contributed by atoms with Gasteiger partial charge < -0.3 is 9.88 Å². The second-order valence-corrected chi connectivity index (χ2v) is 10.9. The molecule has 2 amide bonds. The Morgan fingerprint density at radius 2 is 1.64 bits per heavy atom. The van der Waals surface area contributed by atoms with Crippen LogP contribution in [0.25, 0.3) is 11.0 Å². The molecule has 3 aromatic carbocycles. The number of nitrogens with one attached hydrogen (secondary N) is 1. The van der Waals surface area contributed by atoms with Gasteiger partial charge in [-0.2, -0.15) is 0 Å². The number of carbonyl (C=O) groups is 1. The Morgan fingerprint density at radius 1 is 0.949 bits per heavy atom. The fourth-order valence-corrected chi connectivity index (χ4v) is 6.72. The van der Waals surface area contributed by atoms with E-state index in [1.54, 1.807) is 23.1 Å². The van der Waals surface area contributed by atoms with Crippen LogP contribution in [-0.2, 0) is 6.54 Å². The van der Waals surface area contributed by atoms with Gasteiger partial charge in [-0.25, -0.2) is 14.2 Å². The maximum atomic E-state index is 14.1. The van der Waals surface area contributed by atoms with Gasteiger partial charge in [0.1, 0.15) is 11.6 Å². The first-order chi connectivity index (χ1) is 19.1. The number of benzene rings is 3. The largest absolute Gasteiger partial charge is 0.334 e. The number of hydrogen-bond donors (Lipinski definition) is 1. The summed E-state index contributed by atoms with van der Waals surface area (Å²) in [6.45, 7) is 3.87. The molecular weight excluding hydrogens is 489 g/mol. The van der Waals surface area contributed by atoms with E-state index in [2.05, 4.69) is 46.0 Å². The number of halogens is 1. The number of rotatable bonds is 8. The van der Waals surface area contributed by atoms with Gasteiger partial charge in [-0.15, -0.1) is 0 Å². The first-order valence-corrected chi connectivity index (χ1v) is 14.1. The minimum atomic E-state index is -0.304. The number of piperidine rings is 1. The summed E-state index contributed by atoms with van der Waals surface area (Å²) < 4.78 is 16.6. The normalized spacial score (nSPS) is 20.8. The third kappa shape index (κ3) is 5.28. The monoisotopic (exact) mass is 525 g/mol. The maximum Gasteiger partial charge on any atom is 0.322 e. The molecular formula is C32H36FN5O. The zero-order valence-electron chi connectivity index (χ0n) is 22.5. The Kier molecular flexibility index (Phi) is 7.33. The molecule has 6 nitrogen and oxygen atoms in total. The lowest BCUT2D eigenvalue weighted by Crippen LogP contribution is -2.45. The smallest absolute Gasteiger partial charge is 0.322 e. The van der Waals surface area contributed by atoms with E-state index in [1.807, 2.05) is 30.3 Å². The highest BCUT2D eigenvalue weighted by Gasteiger charge is 2.41. The Morgan fingerprint density at radius 3 is 2.41 bits per heavy atom. The minimum Gasteiger partial charge on any atom is -0.334 e. The SMILES string of the molecule is Cc1nc2ccccc2n1C1C[C@H]2CC[C@@H](C1)N2CCCN(C(=O)NCc1ccccc1F)c1ccccc1. The lowest BCUT2D eigenvalue weighted by molar-refractivity contribution is 0.107. The second kappa shape index (κ2) is 11.2. The number of amides is 2. The standard InChI is InChI=1S/C32H36FN5O/c1-23-35-30-14-7-8-15-31(30)38(23)28-20-26-16-17-27(21-28)36(26)18-9-19-37(25-11-3-2-4-12-25)32(39)34-22-24-10-5-6-13-29(24)33/h2-8,10-15,26-28H,9,16-22H2,1H3,(H,34,39)/t26-,27+,28?. The lowest BCUT2D eigenvalue weighted by Gasteiger charge is -2.40. The Balaban J connectivity index is 1.10. The van der Waals surface area contributed by atoms with Crippen LogP contribution in [0, 0.1) is 12.7 Å². The molecule has 1 unspecified atom stereocenters. The predicted molar refractivity (Wildman–Crippen MR) is 153 cm³/mol. The Labute approximate surface area is 229 Å². The van der Waals surface area contributed by atoms with Crippen LogP contribution in [0.3, 0.4) is 0 Å². The molecule has 202 valence electrons. The van der Waals surface area contributed by atoms with E-state index in [0.29, 0.717) is 30.2 Å². The van der Waals surface area contributed by atoms with Crippen molar-refractivity contribution in [3.05, 3.63) is 96.1 Å². The van der Waals surface area contributed by atoms with Crippen molar-refractivity contribution in [2.45, 2.75) is 63.7 Å². The van der Waals surface area contributed by atoms with Gasteiger partial charge in [0.15, 0.2) is 0 Å². The van der Waals surface area contributed by atoms with Crippen LogP contribution in [0.2, 0.25) is 0 Å². The second-order valence-electron chi connectivity index (χ2n) is 10.9. The molecule has 3 atom stereocenters. The number of hydrogen-bond acceptors (Lipinski definition) is 3. The number of anilines is 1. The highest BCUT2D eigenvalue weighted by atomic mass is 19.1. The van der Waals surface area contributed by atoms with Crippen LogP contribution in [0.4, 0.5) is 14.9 Å². The first kappa shape index (κ1) is 25.6. The van der Waals surface area contributed by atoms with Crippen molar-refractivity contribution in [1.82, 2.24) is 19.8 Å². The van der Waals surface area contributed by atoms with Gasteiger partial charge >= 0.3 is 6.03 Å². The minimum absolute atomic E-state index is 0.162. The third-order valence-corrected chi connectivity index (χ3v) is 8.50. The fourth-order valence-electron chi connectivity index (χ4n) is 6.72. The molecule has 1 aromatic heterocycles. The Hall–Kier alpha value is -3.71. The molecule has 39 heavy (non-hydrogen) atoms. The van der Waals surface area contributed by atoms with E-state index in [1.165, 1.54) is 24.4 Å². The van der Waals surface area contributed by atoms with Crippen LogP contribution in [0.1, 0.15) is 49.5 Å². The molecule has 0 spiro atoms. The quantitative estimate of drug-likeness (QED) is 0.287. The van der Waals surface area contributed by atoms with E-state index in [0.717, 1.165) is 42.8 Å². The van der Waals surface area contributed by atoms with Crippen LogP contribution in [0.5, 0.6) is 0 Å². The summed E-state index contributed by atoms with van der Waals surface area (Å²) in [5.41, 5.74) is 3.67. The summed E-state index contributed by atoms with van der Waals surface area (Å²) in [5.74, 6) is 0.802. The van der Waals surface area contributed by atoms with E-state index >= 15 is 0 Å². The summed E-state index contributed by atoms with van der Waals surface area (Å²) in [6.07, 6.45) is 5.63. The van der Waals surface area contributed by atoms with Crippen molar-refractivity contribution in [1.29, 1.82) is 0 Å². The Bertz CT molecular complexity index is 1420. The third-order valence-electron chi connectivity index (χ3n) is 8.50. The van der Waals surface area contributed by atoms with Gasteiger partial charge in [-0.3, -0.25) is 9.80 Å². The molecule has 1 N–H and O–H groups in total. The predicted octanol–water partition coefficient (Wildman–Crippen LogP) is 6.46. The zero-order valence-corrected chi connectivity index (χ0v) is 22.5. The molecule has 7 heteroatoms. The summed E-state index contributed by atoms with van der Waals surface area (Å²) in [5, 5.41) is 2.92. The maximum absolute atomic E-state index is 14.1. The van der Waals surface area contributed by atoms with Crippen LogP contribution >= 0.6 is 0 Å². The molecule has 2 fully saturated rings. The van der Waals surface area contributed by atoms with Crippen molar-refractivity contribution < 1.29 is 9.18 Å². The number of para-hydroxylation sites is 3. The number of aromatic nitrogens is 2. The molecule has 3 heterocycles. The van der Waals surface area contributed by atoms with E-state index < -0.39 is 0 Å². The summed E-state index contributed by atoms with van der Waals surface area (Å²) in [7, 11) is 0. The van der Waals surface area contributed by atoms with Gasteiger partial charge in [0.2, 0.25) is 0 Å². The van der Waals surface area contributed by atoms with Gasteiger partial charge in [-0.1, -0.05) is 48.5 Å². The number of aryl methyl sites for hydroxylation is 1. The molecule has 2 aliphatic heterocycles. The highest BCUT2D eigenvalue weighted by Crippen LogP contribution is 2.42. The van der Waals surface area contributed by atoms with Gasteiger partial charge in [0.25, 0.3) is 0 Å². The van der Waals surface area contributed by atoms with Gasteiger partial charge in [0.05, 0.1) is 11.0 Å². The van der Waals surface area contributed by atoms with Gasteiger partial charge in [-0.05, 0) is 69.4 Å². The number of urea groups is 1. The van der Waals surface area contributed by atoms with Crippen LogP contribution in [-0.4, -0.2) is 45.7 Å². The summed E-state index contributed by atoms with van der Waals surface area (Å²) >= 11 is 0. The van der Waals surface area contributed by atoms with Crippen molar-refractivity contribution in [2.75, 3.05) is 18.0 Å². The number of nitrogens with zero attached hydrogens (tertiary/aromatic N) is 4. The molecule has 0 aliphatic carbocycles. The van der Waals surface area contributed by atoms with Crippen molar-refractivity contribution >= 4 is 22.8 Å². The topological polar surface area (TPSA) is 53.4 Å². The molecule has 2 aliphatic rings. The average molecular weight is 526 g/mol. The van der Waals surface area contributed by atoms with Crippen molar-refractivity contribution in [2.24, 2.45) is 0 Å². The van der Waals surface area contributed by atoms with Crippen LogP contribution < -0.4 is 10.2 Å².